The van der Waals surface area contributed by atoms with Crippen LogP contribution in [0.1, 0.15) is 40.0 Å². The third-order valence-corrected chi connectivity index (χ3v) is 2.63. The van der Waals surface area contributed by atoms with Crippen LogP contribution in [0.15, 0.2) is 0 Å². The molecule has 2 heteroatoms. The zero-order valence-electron chi connectivity index (χ0n) is 6.50. The normalized spacial score (nSPS) is 12.0. The van der Waals surface area contributed by atoms with Crippen molar-refractivity contribution in [2.75, 3.05) is 0 Å². The lowest BCUT2D eigenvalue weighted by atomic mass is 9.91. The second-order valence-electron chi connectivity index (χ2n) is 2.44. The smallest absolute Gasteiger partial charge is 0.0324 e. The lowest BCUT2D eigenvalue weighted by molar-refractivity contribution is 0.349. The zero-order chi connectivity index (χ0) is 7.33. The van der Waals surface area contributed by atoms with Crippen molar-refractivity contribution >= 4 is 11.8 Å². The summed E-state index contributed by atoms with van der Waals surface area (Å²) < 4.78 is 0. The van der Waals surface area contributed by atoms with Crippen LogP contribution in [0.5, 0.6) is 0 Å². The van der Waals surface area contributed by atoms with Crippen molar-refractivity contribution in [2.24, 2.45) is 0 Å². The highest BCUT2D eigenvalue weighted by molar-refractivity contribution is 6.13. The number of rotatable bonds is 4. The van der Waals surface area contributed by atoms with Gasteiger partial charge in [-0.2, -0.15) is 0 Å². The first kappa shape index (κ1) is 9.25. The molecule has 0 aliphatic heterocycles. The summed E-state index contributed by atoms with van der Waals surface area (Å²) in [6.45, 7) is 6.47. The molecule has 1 nitrogen and oxygen atoms in total. The Hall–Kier alpha value is 0.250. The van der Waals surface area contributed by atoms with Gasteiger partial charge in [-0.05, 0) is 31.0 Å². The van der Waals surface area contributed by atoms with Crippen LogP contribution in [0.25, 0.3) is 0 Å². The summed E-state index contributed by atoms with van der Waals surface area (Å²) in [6.07, 6.45) is 3.30. The molecule has 9 heavy (non-hydrogen) atoms. The average Bonchev–Trinajstić information content (AvgIpc) is 1.95. The minimum absolute atomic E-state index is 0.182. The summed E-state index contributed by atoms with van der Waals surface area (Å²) in [5.41, 5.74) is 0.182. The first-order chi connectivity index (χ1) is 4.24. The highest BCUT2D eigenvalue weighted by atomic mass is 35.5. The van der Waals surface area contributed by atoms with Gasteiger partial charge in [-0.1, -0.05) is 20.8 Å². The van der Waals surface area contributed by atoms with E-state index in [1.54, 1.807) is 0 Å². The molecule has 0 unspecified atom stereocenters. The van der Waals surface area contributed by atoms with Crippen LogP contribution in [0.2, 0.25) is 0 Å². The van der Waals surface area contributed by atoms with E-state index < -0.39 is 0 Å². The van der Waals surface area contributed by atoms with Crippen molar-refractivity contribution in [3.05, 3.63) is 0 Å². The van der Waals surface area contributed by atoms with Gasteiger partial charge in [-0.15, -0.1) is 0 Å². The van der Waals surface area contributed by atoms with E-state index in [2.05, 4.69) is 25.6 Å². The second-order valence-corrected chi connectivity index (χ2v) is 2.62. The molecule has 56 valence electrons. The summed E-state index contributed by atoms with van der Waals surface area (Å²) in [7, 11) is 0. The lowest BCUT2D eigenvalue weighted by Gasteiger charge is -2.27. The molecule has 0 aromatic carbocycles. The first-order valence-electron chi connectivity index (χ1n) is 3.62. The fourth-order valence-corrected chi connectivity index (χ4v) is 1.35. The monoisotopic (exact) mass is 149 g/mol. The van der Waals surface area contributed by atoms with E-state index in [0.717, 1.165) is 19.3 Å². The highest BCUT2D eigenvalue weighted by Gasteiger charge is 2.21. The molecule has 0 bridgehead atoms. The SMILES string of the molecule is CCC(CC)(CC)NCl. The largest absolute Gasteiger partial charge is 0.227 e. The zero-order valence-corrected chi connectivity index (χ0v) is 7.26. The average molecular weight is 150 g/mol. The molecular weight excluding hydrogens is 134 g/mol. The molecule has 0 aromatic heterocycles. The van der Waals surface area contributed by atoms with E-state index in [9.17, 15) is 0 Å². The van der Waals surface area contributed by atoms with Crippen LogP contribution >= 0.6 is 11.8 Å². The molecule has 0 saturated heterocycles. The molecule has 0 atom stereocenters. The number of hydrogen-bond acceptors (Lipinski definition) is 1. The maximum absolute atomic E-state index is 5.57. The molecule has 0 spiro atoms. The van der Waals surface area contributed by atoms with Gasteiger partial charge in [0.2, 0.25) is 0 Å². The van der Waals surface area contributed by atoms with Gasteiger partial charge < -0.3 is 0 Å². The van der Waals surface area contributed by atoms with Crippen molar-refractivity contribution in [1.82, 2.24) is 4.84 Å². The predicted molar refractivity (Wildman–Crippen MR) is 42.6 cm³/mol. The Balaban J connectivity index is 3.82. The Labute approximate surface area is 62.9 Å². The van der Waals surface area contributed by atoms with Crippen LogP contribution in [-0.2, 0) is 0 Å². The van der Waals surface area contributed by atoms with E-state index in [1.165, 1.54) is 0 Å². The topological polar surface area (TPSA) is 12.0 Å². The summed E-state index contributed by atoms with van der Waals surface area (Å²) in [5.74, 6) is 0. The van der Waals surface area contributed by atoms with Crippen molar-refractivity contribution in [1.29, 1.82) is 0 Å². The molecular formula is C7H16ClN. The van der Waals surface area contributed by atoms with Gasteiger partial charge >= 0.3 is 0 Å². The molecule has 0 rings (SSSR count). The van der Waals surface area contributed by atoms with Gasteiger partial charge in [0.25, 0.3) is 0 Å². The molecule has 0 saturated carbocycles. The standard InChI is InChI=1S/C7H16ClN/c1-4-7(5-2,6-3)9-8/h9H,4-6H2,1-3H3. The third-order valence-electron chi connectivity index (χ3n) is 2.23. The van der Waals surface area contributed by atoms with Crippen LogP contribution < -0.4 is 4.84 Å². The summed E-state index contributed by atoms with van der Waals surface area (Å²) in [6, 6.07) is 0. The fourth-order valence-electron chi connectivity index (χ4n) is 0.950. The van der Waals surface area contributed by atoms with Gasteiger partial charge in [0.15, 0.2) is 0 Å². The number of hydrogen-bond donors (Lipinski definition) is 1. The van der Waals surface area contributed by atoms with Crippen LogP contribution in [0.4, 0.5) is 0 Å². The lowest BCUT2D eigenvalue weighted by Crippen LogP contribution is -2.37. The Kier molecular flexibility index (Phi) is 4.24. The van der Waals surface area contributed by atoms with Crippen LogP contribution in [0.3, 0.4) is 0 Å². The third kappa shape index (κ3) is 2.15. The van der Waals surface area contributed by atoms with E-state index in [4.69, 9.17) is 11.8 Å². The van der Waals surface area contributed by atoms with Gasteiger partial charge in [-0.25, -0.2) is 4.84 Å². The second kappa shape index (κ2) is 4.13. The molecule has 0 heterocycles. The van der Waals surface area contributed by atoms with E-state index in [0.29, 0.717) is 0 Å². The first-order valence-corrected chi connectivity index (χ1v) is 4.00. The van der Waals surface area contributed by atoms with Gasteiger partial charge in [-0.3, -0.25) is 0 Å². The molecule has 0 aromatic rings. The molecule has 0 radical (unpaired) electrons. The van der Waals surface area contributed by atoms with Crippen LogP contribution in [-0.4, -0.2) is 5.54 Å². The van der Waals surface area contributed by atoms with Crippen molar-refractivity contribution in [2.45, 2.75) is 45.6 Å². The molecule has 0 amide bonds. The minimum Gasteiger partial charge on any atom is -0.227 e. The van der Waals surface area contributed by atoms with Crippen molar-refractivity contribution < 1.29 is 0 Å². The van der Waals surface area contributed by atoms with Crippen molar-refractivity contribution in [3.8, 4) is 0 Å². The molecule has 0 aliphatic rings. The maximum atomic E-state index is 5.57. The molecule has 0 fully saturated rings. The summed E-state index contributed by atoms with van der Waals surface area (Å²) in [5, 5.41) is 0. The Bertz CT molecular complexity index is 51.8. The summed E-state index contributed by atoms with van der Waals surface area (Å²) in [4.78, 5) is 2.84. The maximum Gasteiger partial charge on any atom is 0.0324 e. The Morgan fingerprint density at radius 1 is 1.11 bits per heavy atom. The predicted octanol–water partition coefficient (Wildman–Crippen LogP) is 2.70. The summed E-state index contributed by atoms with van der Waals surface area (Å²) >= 11 is 5.57. The number of halogens is 1. The minimum atomic E-state index is 0.182. The fraction of sp³-hybridized carbons (Fsp3) is 1.00. The molecule has 1 N–H and O–H groups in total. The van der Waals surface area contributed by atoms with Gasteiger partial charge in [0.1, 0.15) is 0 Å². The van der Waals surface area contributed by atoms with E-state index in [1.807, 2.05) is 0 Å². The quantitative estimate of drug-likeness (QED) is 0.607. The van der Waals surface area contributed by atoms with Crippen molar-refractivity contribution in [3.63, 3.8) is 0 Å². The molecule has 0 aliphatic carbocycles. The van der Waals surface area contributed by atoms with Gasteiger partial charge in [0.05, 0.1) is 0 Å². The number of nitrogens with one attached hydrogen (secondary N) is 1. The van der Waals surface area contributed by atoms with E-state index in [-0.39, 0.29) is 5.54 Å². The van der Waals surface area contributed by atoms with Crippen LogP contribution in [0, 0.1) is 0 Å². The van der Waals surface area contributed by atoms with E-state index >= 15 is 0 Å². The van der Waals surface area contributed by atoms with Gasteiger partial charge in [0, 0.05) is 5.54 Å². The highest BCUT2D eigenvalue weighted by Crippen LogP contribution is 2.19. The Morgan fingerprint density at radius 2 is 1.44 bits per heavy atom. The Morgan fingerprint density at radius 3 is 1.44 bits per heavy atom.